The summed E-state index contributed by atoms with van der Waals surface area (Å²) < 4.78 is 10.9. The molecule has 1 amide bonds. The number of fused-ring (bicyclic) bond motifs is 1. The first kappa shape index (κ1) is 17.0. The van der Waals surface area contributed by atoms with Crippen LogP contribution in [0.5, 0.6) is 5.75 Å². The van der Waals surface area contributed by atoms with E-state index in [2.05, 4.69) is 5.32 Å². The number of carbonyl (C=O) groups excluding carboxylic acids is 1. The summed E-state index contributed by atoms with van der Waals surface area (Å²) in [5.41, 5.74) is 0.936. The summed E-state index contributed by atoms with van der Waals surface area (Å²) >= 11 is 0. The molecule has 3 aromatic rings. The van der Waals surface area contributed by atoms with E-state index < -0.39 is 5.60 Å². The molecule has 5 heteroatoms. The number of aliphatic hydroxyl groups is 1. The topological polar surface area (TPSA) is 71.7 Å². The minimum atomic E-state index is -1.17. The van der Waals surface area contributed by atoms with Gasteiger partial charge < -0.3 is 19.6 Å². The molecule has 0 aliphatic carbocycles. The van der Waals surface area contributed by atoms with Crippen molar-refractivity contribution in [2.75, 3.05) is 13.7 Å². The van der Waals surface area contributed by atoms with Gasteiger partial charge in [0.1, 0.15) is 16.9 Å². The summed E-state index contributed by atoms with van der Waals surface area (Å²) in [7, 11) is 1.59. The molecular weight excluding hydrogens is 318 g/mol. The van der Waals surface area contributed by atoms with Gasteiger partial charge in [-0.3, -0.25) is 4.79 Å². The molecule has 0 saturated heterocycles. The van der Waals surface area contributed by atoms with Crippen molar-refractivity contribution in [3.63, 3.8) is 0 Å². The van der Waals surface area contributed by atoms with E-state index in [1.54, 1.807) is 26.2 Å². The highest BCUT2D eigenvalue weighted by Gasteiger charge is 2.25. The van der Waals surface area contributed by atoms with Gasteiger partial charge in [0.25, 0.3) is 5.91 Å². The Morgan fingerprint density at radius 2 is 1.96 bits per heavy atom. The maximum absolute atomic E-state index is 12.5. The molecular formula is C20H21NO4. The number of hydrogen-bond donors (Lipinski definition) is 2. The lowest BCUT2D eigenvalue weighted by molar-refractivity contribution is 0.0519. The van der Waals surface area contributed by atoms with E-state index in [4.69, 9.17) is 9.15 Å². The van der Waals surface area contributed by atoms with Crippen LogP contribution in [0.15, 0.2) is 52.9 Å². The van der Waals surface area contributed by atoms with Gasteiger partial charge in [-0.15, -0.1) is 0 Å². The number of benzene rings is 2. The molecule has 130 valence electrons. The van der Waals surface area contributed by atoms with Crippen molar-refractivity contribution >= 4 is 16.9 Å². The first-order chi connectivity index (χ1) is 11.9. The lowest BCUT2D eigenvalue weighted by atomic mass is 9.96. The molecule has 1 aromatic heterocycles. The van der Waals surface area contributed by atoms with Crippen LogP contribution < -0.4 is 10.1 Å². The van der Waals surface area contributed by atoms with Crippen molar-refractivity contribution in [2.45, 2.75) is 19.4 Å². The normalized spacial score (nSPS) is 13.4. The first-order valence-corrected chi connectivity index (χ1v) is 8.05. The van der Waals surface area contributed by atoms with Crippen molar-refractivity contribution in [3.8, 4) is 5.75 Å². The Labute approximate surface area is 146 Å². The van der Waals surface area contributed by atoms with Crippen molar-refractivity contribution in [1.82, 2.24) is 5.32 Å². The molecule has 0 spiro atoms. The standard InChI is InChI=1S/C20H21NO4/c1-13-16-11-15(24-3)9-10-17(16)25-18(13)19(22)21-12-20(2,23)14-7-5-4-6-8-14/h4-11,23H,12H2,1-3H3,(H,21,22). The third-order valence-electron chi connectivity index (χ3n) is 4.34. The van der Waals surface area contributed by atoms with Crippen LogP contribution in [0.2, 0.25) is 0 Å². The Morgan fingerprint density at radius 3 is 2.64 bits per heavy atom. The van der Waals surface area contributed by atoms with Crippen molar-refractivity contribution in [3.05, 3.63) is 65.4 Å². The third-order valence-corrected chi connectivity index (χ3v) is 4.34. The molecule has 0 fully saturated rings. The lowest BCUT2D eigenvalue weighted by Crippen LogP contribution is -2.38. The number of carbonyl (C=O) groups is 1. The monoisotopic (exact) mass is 339 g/mol. The minimum absolute atomic E-state index is 0.0790. The van der Waals surface area contributed by atoms with Gasteiger partial charge in [0.05, 0.1) is 13.7 Å². The largest absolute Gasteiger partial charge is 0.497 e. The summed E-state index contributed by atoms with van der Waals surface area (Å²) in [6.07, 6.45) is 0. The minimum Gasteiger partial charge on any atom is -0.497 e. The van der Waals surface area contributed by atoms with Crippen LogP contribution in [0.3, 0.4) is 0 Å². The van der Waals surface area contributed by atoms with E-state index in [9.17, 15) is 9.90 Å². The molecule has 2 N–H and O–H groups in total. The van der Waals surface area contributed by atoms with Gasteiger partial charge in [0.15, 0.2) is 5.76 Å². The fourth-order valence-electron chi connectivity index (χ4n) is 2.78. The van der Waals surface area contributed by atoms with E-state index >= 15 is 0 Å². The van der Waals surface area contributed by atoms with Gasteiger partial charge in [0.2, 0.25) is 0 Å². The van der Waals surface area contributed by atoms with Gasteiger partial charge in [-0.05, 0) is 37.6 Å². The number of hydrogen-bond acceptors (Lipinski definition) is 4. The molecule has 0 radical (unpaired) electrons. The van der Waals surface area contributed by atoms with E-state index in [-0.39, 0.29) is 18.2 Å². The van der Waals surface area contributed by atoms with Crippen LogP contribution in [0.1, 0.15) is 28.6 Å². The van der Waals surface area contributed by atoms with Crippen molar-refractivity contribution in [1.29, 1.82) is 0 Å². The fourth-order valence-corrected chi connectivity index (χ4v) is 2.78. The zero-order chi connectivity index (χ0) is 18.0. The molecule has 0 aliphatic rings. The number of aryl methyl sites for hydroxylation is 1. The predicted octanol–water partition coefficient (Wildman–Crippen LogP) is 3.39. The number of furan rings is 1. The van der Waals surface area contributed by atoms with Crippen LogP contribution in [-0.4, -0.2) is 24.7 Å². The molecule has 0 bridgehead atoms. The van der Waals surface area contributed by atoms with Gasteiger partial charge in [-0.25, -0.2) is 0 Å². The number of methoxy groups -OCH3 is 1. The summed E-state index contributed by atoms with van der Waals surface area (Å²) in [5, 5.41) is 14.2. The van der Waals surface area contributed by atoms with Crippen LogP contribution in [0, 0.1) is 6.92 Å². The molecule has 1 atom stereocenters. The second kappa shape index (κ2) is 6.61. The SMILES string of the molecule is COc1ccc2oc(C(=O)NCC(C)(O)c3ccccc3)c(C)c2c1. The molecule has 25 heavy (non-hydrogen) atoms. The van der Waals surface area contributed by atoms with Gasteiger partial charge >= 0.3 is 0 Å². The third kappa shape index (κ3) is 3.37. The first-order valence-electron chi connectivity index (χ1n) is 8.05. The van der Waals surface area contributed by atoms with E-state index in [0.29, 0.717) is 11.3 Å². The molecule has 3 rings (SSSR count). The van der Waals surface area contributed by atoms with E-state index in [1.165, 1.54) is 0 Å². The van der Waals surface area contributed by atoms with Gasteiger partial charge in [0, 0.05) is 10.9 Å². The molecule has 0 saturated carbocycles. The van der Waals surface area contributed by atoms with Gasteiger partial charge in [-0.2, -0.15) is 0 Å². The molecule has 0 aliphatic heterocycles. The number of rotatable bonds is 5. The zero-order valence-corrected chi connectivity index (χ0v) is 14.5. The summed E-state index contributed by atoms with van der Waals surface area (Å²) in [6, 6.07) is 14.6. The van der Waals surface area contributed by atoms with Crippen LogP contribution in [0.25, 0.3) is 11.0 Å². The van der Waals surface area contributed by atoms with Crippen LogP contribution in [0.4, 0.5) is 0 Å². The van der Waals surface area contributed by atoms with Crippen molar-refractivity contribution in [2.24, 2.45) is 0 Å². The Kier molecular flexibility index (Phi) is 4.51. The zero-order valence-electron chi connectivity index (χ0n) is 14.5. The lowest BCUT2D eigenvalue weighted by Gasteiger charge is -2.24. The molecule has 5 nitrogen and oxygen atoms in total. The molecule has 2 aromatic carbocycles. The highest BCUT2D eigenvalue weighted by atomic mass is 16.5. The summed E-state index contributed by atoms with van der Waals surface area (Å²) in [6.45, 7) is 3.57. The van der Waals surface area contributed by atoms with Crippen LogP contribution >= 0.6 is 0 Å². The summed E-state index contributed by atoms with van der Waals surface area (Å²) in [5.74, 6) is 0.589. The number of nitrogens with one attached hydrogen (secondary N) is 1. The smallest absolute Gasteiger partial charge is 0.287 e. The Morgan fingerprint density at radius 1 is 1.24 bits per heavy atom. The quantitative estimate of drug-likeness (QED) is 0.747. The van der Waals surface area contributed by atoms with Gasteiger partial charge in [-0.1, -0.05) is 30.3 Å². The van der Waals surface area contributed by atoms with E-state index in [1.807, 2.05) is 43.3 Å². The fraction of sp³-hybridized carbons (Fsp3) is 0.250. The highest BCUT2D eigenvalue weighted by molar-refractivity contribution is 5.99. The Bertz CT molecular complexity index is 897. The summed E-state index contributed by atoms with van der Waals surface area (Å²) in [4.78, 5) is 12.5. The second-order valence-corrected chi connectivity index (χ2v) is 6.24. The van der Waals surface area contributed by atoms with Crippen LogP contribution in [-0.2, 0) is 5.60 Å². The maximum Gasteiger partial charge on any atom is 0.287 e. The van der Waals surface area contributed by atoms with Crippen molar-refractivity contribution < 1.29 is 19.1 Å². The number of amides is 1. The maximum atomic E-state index is 12.5. The van der Waals surface area contributed by atoms with E-state index in [0.717, 1.165) is 16.5 Å². The average molecular weight is 339 g/mol. The Hall–Kier alpha value is -2.79. The second-order valence-electron chi connectivity index (χ2n) is 6.24. The Balaban J connectivity index is 1.80. The number of ether oxygens (including phenoxy) is 1. The average Bonchev–Trinajstić information content (AvgIpc) is 2.96. The highest BCUT2D eigenvalue weighted by Crippen LogP contribution is 2.29. The molecule has 1 heterocycles. The molecule has 1 unspecified atom stereocenters. The predicted molar refractivity (Wildman–Crippen MR) is 95.8 cm³/mol.